The molecule has 1 aromatic heterocycles. The number of nitrogens with zero attached hydrogens (tertiary/aromatic N) is 2. The Bertz CT molecular complexity index is 231. The molecule has 1 heterocycles. The van der Waals surface area contributed by atoms with E-state index < -0.39 is 0 Å². The quantitative estimate of drug-likeness (QED) is 0.617. The van der Waals surface area contributed by atoms with E-state index in [-0.39, 0.29) is 0 Å². The second-order valence-electron chi connectivity index (χ2n) is 1.62. The third-order valence-corrected chi connectivity index (χ3v) is 1.81. The number of carbonyl (C=O) groups is 1. The molecule has 4 heteroatoms. The van der Waals surface area contributed by atoms with E-state index in [1.54, 1.807) is 17.8 Å². The van der Waals surface area contributed by atoms with E-state index in [1.165, 1.54) is 0 Å². The second kappa shape index (κ2) is 2.31. The van der Waals surface area contributed by atoms with Gasteiger partial charge in [0.25, 0.3) is 0 Å². The molecule has 0 aliphatic rings. The van der Waals surface area contributed by atoms with Gasteiger partial charge in [0.2, 0.25) is 0 Å². The van der Waals surface area contributed by atoms with Gasteiger partial charge in [0.15, 0.2) is 12.1 Å². The van der Waals surface area contributed by atoms with Crippen molar-refractivity contribution >= 4 is 22.2 Å². The van der Waals surface area contributed by atoms with Gasteiger partial charge < -0.3 is 4.57 Å². The minimum absolute atomic E-state index is 0.432. The molecule has 0 aromatic carbocycles. The zero-order valence-corrected chi connectivity index (χ0v) is 6.42. The average molecular weight is 189 g/mol. The van der Waals surface area contributed by atoms with Gasteiger partial charge in [0.05, 0.1) is 6.20 Å². The zero-order chi connectivity index (χ0) is 6.85. The van der Waals surface area contributed by atoms with E-state index in [4.69, 9.17) is 0 Å². The maximum atomic E-state index is 10.1. The van der Waals surface area contributed by atoms with E-state index in [0.717, 1.165) is 4.60 Å². The first-order valence-electron chi connectivity index (χ1n) is 2.38. The monoisotopic (exact) mass is 188 g/mol. The van der Waals surface area contributed by atoms with Crippen molar-refractivity contribution in [1.29, 1.82) is 0 Å². The fraction of sp³-hybridized carbons (Fsp3) is 0.200. The third kappa shape index (κ3) is 1.03. The summed E-state index contributed by atoms with van der Waals surface area (Å²) in [5, 5.41) is 0. The minimum Gasteiger partial charge on any atom is -0.320 e. The second-order valence-corrected chi connectivity index (χ2v) is 2.43. The van der Waals surface area contributed by atoms with Crippen LogP contribution in [0.25, 0.3) is 0 Å². The number of hydrogen-bond donors (Lipinski definition) is 0. The van der Waals surface area contributed by atoms with Gasteiger partial charge in [0.1, 0.15) is 4.60 Å². The first-order chi connectivity index (χ1) is 4.25. The number of imidazole rings is 1. The van der Waals surface area contributed by atoms with Crippen LogP contribution in [-0.2, 0) is 7.05 Å². The van der Waals surface area contributed by atoms with Gasteiger partial charge >= 0.3 is 0 Å². The van der Waals surface area contributed by atoms with Gasteiger partial charge in [0, 0.05) is 7.05 Å². The van der Waals surface area contributed by atoms with E-state index >= 15 is 0 Å². The topological polar surface area (TPSA) is 34.9 Å². The molecule has 0 spiro atoms. The van der Waals surface area contributed by atoms with Crippen LogP contribution in [0.4, 0.5) is 0 Å². The highest BCUT2D eigenvalue weighted by Crippen LogP contribution is 2.07. The average Bonchev–Trinajstić information content (AvgIpc) is 2.15. The Morgan fingerprint density at radius 1 is 1.89 bits per heavy atom. The molecular formula is C5H5BrN2O. The Morgan fingerprint density at radius 3 is 2.78 bits per heavy atom. The lowest BCUT2D eigenvalue weighted by molar-refractivity contribution is 0.111. The number of halogens is 1. The fourth-order valence-corrected chi connectivity index (χ4v) is 0.796. The lowest BCUT2D eigenvalue weighted by Gasteiger charge is -1.91. The van der Waals surface area contributed by atoms with E-state index in [0.29, 0.717) is 12.1 Å². The lowest BCUT2D eigenvalue weighted by atomic mass is 10.7. The molecule has 0 saturated heterocycles. The molecule has 3 nitrogen and oxygen atoms in total. The number of hydrogen-bond acceptors (Lipinski definition) is 2. The number of rotatable bonds is 1. The summed E-state index contributed by atoms with van der Waals surface area (Å²) in [5.41, 5.74) is 0. The lowest BCUT2D eigenvalue weighted by Crippen LogP contribution is -1.94. The van der Waals surface area contributed by atoms with Crippen molar-refractivity contribution in [2.75, 3.05) is 0 Å². The summed E-state index contributed by atoms with van der Waals surface area (Å²) in [4.78, 5) is 13.9. The SMILES string of the molecule is Cn1c(Br)cnc1C=O. The van der Waals surface area contributed by atoms with Crippen LogP contribution >= 0.6 is 15.9 Å². The molecule has 0 aliphatic carbocycles. The summed E-state index contributed by atoms with van der Waals surface area (Å²) in [6.45, 7) is 0. The van der Waals surface area contributed by atoms with Crippen LogP contribution in [0.5, 0.6) is 0 Å². The molecule has 0 radical (unpaired) electrons. The minimum atomic E-state index is 0.432. The summed E-state index contributed by atoms with van der Waals surface area (Å²) in [6.07, 6.45) is 2.30. The first-order valence-corrected chi connectivity index (χ1v) is 3.17. The first kappa shape index (κ1) is 6.48. The Balaban J connectivity index is 3.18. The molecular weight excluding hydrogens is 184 g/mol. The molecule has 0 fully saturated rings. The van der Waals surface area contributed by atoms with Gasteiger partial charge in [-0.3, -0.25) is 4.79 Å². The van der Waals surface area contributed by atoms with Crippen molar-refractivity contribution in [1.82, 2.24) is 9.55 Å². The molecule has 48 valence electrons. The van der Waals surface area contributed by atoms with Crippen LogP contribution in [0.15, 0.2) is 10.8 Å². The zero-order valence-electron chi connectivity index (χ0n) is 4.84. The van der Waals surface area contributed by atoms with Gasteiger partial charge in [-0.2, -0.15) is 0 Å². The van der Waals surface area contributed by atoms with Crippen molar-refractivity contribution in [3.05, 3.63) is 16.6 Å². The molecule has 0 unspecified atom stereocenters. The molecule has 0 bridgehead atoms. The number of aromatic nitrogens is 2. The molecule has 1 aromatic rings. The molecule has 0 saturated carbocycles. The summed E-state index contributed by atoms with van der Waals surface area (Å²) in [7, 11) is 1.76. The predicted molar refractivity (Wildman–Crippen MR) is 36.3 cm³/mol. The number of carbonyl (C=O) groups excluding carboxylic acids is 1. The Kier molecular flexibility index (Phi) is 1.66. The molecule has 1 rings (SSSR count). The van der Waals surface area contributed by atoms with Crippen LogP contribution in [0.2, 0.25) is 0 Å². The van der Waals surface area contributed by atoms with Crippen molar-refractivity contribution in [2.45, 2.75) is 0 Å². The standard InChI is InChI=1S/C5H5BrN2O/c1-8-4(6)2-7-5(8)3-9/h2-3H,1H3. The van der Waals surface area contributed by atoms with Crippen LogP contribution in [0.1, 0.15) is 10.6 Å². The largest absolute Gasteiger partial charge is 0.320 e. The summed E-state index contributed by atoms with van der Waals surface area (Å²) in [5.74, 6) is 0.432. The highest BCUT2D eigenvalue weighted by atomic mass is 79.9. The van der Waals surface area contributed by atoms with Crippen LogP contribution in [-0.4, -0.2) is 15.8 Å². The molecule has 9 heavy (non-hydrogen) atoms. The van der Waals surface area contributed by atoms with Gasteiger partial charge in [-0.25, -0.2) is 4.98 Å². The Hall–Kier alpha value is -0.640. The normalized spacial score (nSPS) is 9.56. The van der Waals surface area contributed by atoms with Crippen molar-refractivity contribution in [3.63, 3.8) is 0 Å². The van der Waals surface area contributed by atoms with Crippen LogP contribution < -0.4 is 0 Å². The van der Waals surface area contributed by atoms with Gasteiger partial charge in [-0.05, 0) is 15.9 Å². The highest BCUT2D eigenvalue weighted by molar-refractivity contribution is 9.10. The fourth-order valence-electron chi connectivity index (χ4n) is 0.512. The smallest absolute Gasteiger partial charge is 0.185 e. The van der Waals surface area contributed by atoms with Crippen molar-refractivity contribution in [3.8, 4) is 0 Å². The maximum absolute atomic E-state index is 10.1. The summed E-state index contributed by atoms with van der Waals surface area (Å²) < 4.78 is 2.47. The molecule has 0 atom stereocenters. The molecule has 0 aliphatic heterocycles. The van der Waals surface area contributed by atoms with Gasteiger partial charge in [-0.1, -0.05) is 0 Å². The summed E-state index contributed by atoms with van der Waals surface area (Å²) in [6, 6.07) is 0. The predicted octanol–water partition coefficient (Wildman–Crippen LogP) is 0.995. The maximum Gasteiger partial charge on any atom is 0.185 e. The van der Waals surface area contributed by atoms with Gasteiger partial charge in [-0.15, -0.1) is 0 Å². The molecule has 0 amide bonds. The highest BCUT2D eigenvalue weighted by Gasteiger charge is 1.99. The van der Waals surface area contributed by atoms with E-state index in [2.05, 4.69) is 20.9 Å². The van der Waals surface area contributed by atoms with Crippen molar-refractivity contribution in [2.24, 2.45) is 7.05 Å². The Morgan fingerprint density at radius 2 is 2.56 bits per heavy atom. The van der Waals surface area contributed by atoms with E-state index in [9.17, 15) is 4.79 Å². The Labute approximate surface area is 60.8 Å². The van der Waals surface area contributed by atoms with Crippen molar-refractivity contribution < 1.29 is 4.79 Å². The number of aldehydes is 1. The van der Waals surface area contributed by atoms with Crippen LogP contribution in [0, 0.1) is 0 Å². The van der Waals surface area contributed by atoms with Crippen LogP contribution in [0.3, 0.4) is 0 Å². The summed E-state index contributed by atoms with van der Waals surface area (Å²) >= 11 is 3.20. The van der Waals surface area contributed by atoms with E-state index in [1.807, 2.05) is 0 Å². The molecule has 0 N–H and O–H groups in total. The third-order valence-electron chi connectivity index (χ3n) is 1.07.